The molecule has 0 aliphatic heterocycles. The summed E-state index contributed by atoms with van der Waals surface area (Å²) in [6.45, 7) is 1.63. The number of halogens is 1. The third-order valence-electron chi connectivity index (χ3n) is 4.09. The SMILES string of the molecule is CCOC(=O)COc1cc(-c2cc(=O)c3cccc(Cl)c3o2)cc(OC)c1OC. The quantitative estimate of drug-likeness (QED) is 0.534. The Kier molecular flexibility index (Phi) is 6.29. The lowest BCUT2D eigenvalue weighted by Crippen LogP contribution is -2.15. The van der Waals surface area contributed by atoms with Crippen LogP contribution in [0, 0.1) is 0 Å². The summed E-state index contributed by atoms with van der Waals surface area (Å²) in [6, 6.07) is 9.53. The fourth-order valence-corrected chi connectivity index (χ4v) is 3.02. The Hall–Kier alpha value is -3.19. The number of hydrogen-bond donors (Lipinski definition) is 0. The Morgan fingerprint density at radius 2 is 1.86 bits per heavy atom. The summed E-state index contributed by atoms with van der Waals surface area (Å²) >= 11 is 6.19. The predicted octanol–water partition coefficient (Wildman–Crippen LogP) is 4.07. The van der Waals surface area contributed by atoms with Crippen molar-refractivity contribution >= 4 is 28.5 Å². The van der Waals surface area contributed by atoms with Crippen LogP contribution in [0.15, 0.2) is 45.6 Å². The molecule has 7 nitrogen and oxygen atoms in total. The van der Waals surface area contributed by atoms with E-state index in [4.69, 9.17) is 35.0 Å². The molecule has 1 heterocycles. The first-order valence-corrected chi connectivity index (χ1v) is 9.13. The number of rotatable bonds is 7. The highest BCUT2D eigenvalue weighted by Crippen LogP contribution is 2.41. The molecule has 2 aromatic carbocycles. The molecule has 3 aromatic rings. The summed E-state index contributed by atoms with van der Waals surface area (Å²) in [7, 11) is 2.91. The van der Waals surface area contributed by atoms with Gasteiger partial charge in [0.15, 0.2) is 29.1 Å². The predicted molar refractivity (Wildman–Crippen MR) is 108 cm³/mol. The number of para-hydroxylation sites is 1. The smallest absolute Gasteiger partial charge is 0.344 e. The lowest BCUT2D eigenvalue weighted by atomic mass is 10.1. The Morgan fingerprint density at radius 1 is 1.10 bits per heavy atom. The zero-order valence-electron chi connectivity index (χ0n) is 16.1. The van der Waals surface area contributed by atoms with Gasteiger partial charge >= 0.3 is 5.97 Å². The summed E-state index contributed by atoms with van der Waals surface area (Å²) in [4.78, 5) is 24.2. The van der Waals surface area contributed by atoms with Crippen LogP contribution in [0.1, 0.15) is 6.92 Å². The van der Waals surface area contributed by atoms with Crippen molar-refractivity contribution in [1.82, 2.24) is 0 Å². The van der Waals surface area contributed by atoms with Crippen molar-refractivity contribution in [3.8, 4) is 28.6 Å². The molecule has 1 aromatic heterocycles. The Bertz CT molecular complexity index is 1100. The highest BCUT2D eigenvalue weighted by Gasteiger charge is 2.18. The number of esters is 1. The number of hydrogen-bond acceptors (Lipinski definition) is 7. The van der Waals surface area contributed by atoms with Gasteiger partial charge in [0.2, 0.25) is 5.75 Å². The van der Waals surface area contributed by atoms with Gasteiger partial charge in [-0.25, -0.2) is 4.79 Å². The molecular formula is C21H19ClO7. The second-order valence-electron chi connectivity index (χ2n) is 5.90. The maximum Gasteiger partial charge on any atom is 0.344 e. The molecule has 0 amide bonds. The van der Waals surface area contributed by atoms with E-state index in [1.165, 1.54) is 20.3 Å². The van der Waals surface area contributed by atoms with Crippen molar-refractivity contribution in [1.29, 1.82) is 0 Å². The maximum atomic E-state index is 12.5. The molecule has 29 heavy (non-hydrogen) atoms. The molecule has 0 radical (unpaired) electrons. The second kappa shape index (κ2) is 8.87. The van der Waals surface area contributed by atoms with Crippen molar-refractivity contribution in [2.24, 2.45) is 0 Å². The molecule has 0 aliphatic carbocycles. The lowest BCUT2D eigenvalue weighted by Gasteiger charge is -2.15. The molecule has 0 aliphatic rings. The molecule has 3 rings (SSSR count). The number of ether oxygens (including phenoxy) is 4. The fraction of sp³-hybridized carbons (Fsp3) is 0.238. The monoisotopic (exact) mass is 418 g/mol. The summed E-state index contributed by atoms with van der Waals surface area (Å²) in [5, 5.41) is 0.696. The average Bonchev–Trinajstić information content (AvgIpc) is 2.72. The summed E-state index contributed by atoms with van der Waals surface area (Å²) in [5.41, 5.74) is 0.522. The van der Waals surface area contributed by atoms with Crippen LogP contribution in [0.4, 0.5) is 0 Å². The fourth-order valence-electron chi connectivity index (χ4n) is 2.80. The van der Waals surface area contributed by atoms with E-state index in [0.717, 1.165) is 0 Å². The van der Waals surface area contributed by atoms with E-state index >= 15 is 0 Å². The van der Waals surface area contributed by atoms with E-state index in [2.05, 4.69) is 0 Å². The van der Waals surface area contributed by atoms with Crippen molar-refractivity contribution in [2.45, 2.75) is 6.92 Å². The molecule has 152 valence electrons. The molecule has 0 saturated heterocycles. The highest BCUT2D eigenvalue weighted by atomic mass is 35.5. The van der Waals surface area contributed by atoms with E-state index in [0.29, 0.717) is 27.5 Å². The van der Waals surface area contributed by atoms with Gasteiger partial charge in [0.25, 0.3) is 0 Å². The number of carbonyl (C=O) groups excluding carboxylic acids is 1. The zero-order chi connectivity index (χ0) is 21.0. The molecular weight excluding hydrogens is 400 g/mol. The normalized spacial score (nSPS) is 10.6. The molecule has 8 heteroatoms. The Morgan fingerprint density at radius 3 is 2.55 bits per heavy atom. The largest absolute Gasteiger partial charge is 0.493 e. The zero-order valence-corrected chi connectivity index (χ0v) is 16.9. The number of fused-ring (bicyclic) bond motifs is 1. The van der Waals surface area contributed by atoms with Crippen LogP contribution in [0.2, 0.25) is 5.02 Å². The second-order valence-corrected chi connectivity index (χ2v) is 6.30. The van der Waals surface area contributed by atoms with Crippen LogP contribution in [0.5, 0.6) is 17.2 Å². The van der Waals surface area contributed by atoms with Crippen molar-refractivity contribution < 1.29 is 28.2 Å². The third kappa shape index (κ3) is 4.30. The van der Waals surface area contributed by atoms with Crippen LogP contribution >= 0.6 is 11.6 Å². The van der Waals surface area contributed by atoms with Gasteiger partial charge in [-0.2, -0.15) is 0 Å². The Balaban J connectivity index is 2.11. The van der Waals surface area contributed by atoms with E-state index in [1.54, 1.807) is 37.3 Å². The molecule has 0 N–H and O–H groups in total. The summed E-state index contributed by atoms with van der Waals surface area (Å²) in [6.07, 6.45) is 0. The van der Waals surface area contributed by atoms with Crippen LogP contribution < -0.4 is 19.6 Å². The van der Waals surface area contributed by atoms with Crippen molar-refractivity contribution in [2.75, 3.05) is 27.4 Å². The number of carbonyl (C=O) groups is 1. The summed E-state index contributed by atoms with van der Waals surface area (Å²) < 4.78 is 27.0. The standard InChI is InChI=1S/C21H19ClO7/c1-4-27-19(24)11-28-18-9-12(8-17(25-2)21(18)26-3)16-10-15(23)13-6-5-7-14(22)20(13)29-16/h5-10H,4,11H2,1-3H3. The van der Waals surface area contributed by atoms with E-state index in [9.17, 15) is 9.59 Å². The third-order valence-corrected chi connectivity index (χ3v) is 4.38. The van der Waals surface area contributed by atoms with Crippen LogP contribution in [-0.2, 0) is 9.53 Å². The maximum absolute atomic E-state index is 12.5. The van der Waals surface area contributed by atoms with Gasteiger partial charge < -0.3 is 23.4 Å². The van der Waals surface area contributed by atoms with E-state index in [1.807, 2.05) is 0 Å². The minimum absolute atomic E-state index is 0.233. The van der Waals surface area contributed by atoms with E-state index in [-0.39, 0.29) is 35.7 Å². The van der Waals surface area contributed by atoms with Gasteiger partial charge in [-0.1, -0.05) is 17.7 Å². The van der Waals surface area contributed by atoms with Crippen LogP contribution in [0.25, 0.3) is 22.3 Å². The van der Waals surface area contributed by atoms with Gasteiger partial charge in [0.1, 0.15) is 5.76 Å². The molecule has 0 spiro atoms. The van der Waals surface area contributed by atoms with Gasteiger partial charge in [0.05, 0.1) is 31.2 Å². The molecule has 0 bridgehead atoms. The first-order valence-electron chi connectivity index (χ1n) is 8.75. The van der Waals surface area contributed by atoms with Crippen LogP contribution in [0.3, 0.4) is 0 Å². The summed E-state index contributed by atoms with van der Waals surface area (Å²) in [5.74, 6) is 0.602. The molecule has 0 fully saturated rings. The highest BCUT2D eigenvalue weighted by molar-refractivity contribution is 6.34. The van der Waals surface area contributed by atoms with Crippen molar-refractivity contribution in [3.63, 3.8) is 0 Å². The molecule has 0 unspecified atom stereocenters. The minimum Gasteiger partial charge on any atom is -0.493 e. The van der Waals surface area contributed by atoms with Gasteiger partial charge in [0, 0.05) is 11.6 Å². The number of methoxy groups -OCH3 is 2. The Labute approximate surface area is 171 Å². The average molecular weight is 419 g/mol. The van der Waals surface area contributed by atoms with Gasteiger partial charge in [-0.15, -0.1) is 0 Å². The van der Waals surface area contributed by atoms with E-state index < -0.39 is 5.97 Å². The first-order chi connectivity index (χ1) is 14.0. The van der Waals surface area contributed by atoms with Crippen molar-refractivity contribution in [3.05, 3.63) is 51.6 Å². The number of benzene rings is 2. The first kappa shape index (κ1) is 20.5. The van der Waals surface area contributed by atoms with Gasteiger partial charge in [-0.05, 0) is 31.2 Å². The van der Waals surface area contributed by atoms with Crippen LogP contribution in [-0.4, -0.2) is 33.4 Å². The lowest BCUT2D eigenvalue weighted by molar-refractivity contribution is -0.145. The molecule has 0 atom stereocenters. The topological polar surface area (TPSA) is 84.2 Å². The molecule has 0 saturated carbocycles. The van der Waals surface area contributed by atoms with Gasteiger partial charge in [-0.3, -0.25) is 4.79 Å². The minimum atomic E-state index is -0.525.